The molecular formula is C23H23F3N4O4. The number of hydrogen-bond acceptors (Lipinski definition) is 4. The molecule has 0 aromatic heterocycles. The predicted molar refractivity (Wildman–Crippen MR) is 118 cm³/mol. The van der Waals surface area contributed by atoms with Crippen molar-refractivity contribution < 1.29 is 32.3 Å². The highest BCUT2D eigenvalue weighted by Gasteiger charge is 2.36. The summed E-state index contributed by atoms with van der Waals surface area (Å²) < 4.78 is 39.6. The van der Waals surface area contributed by atoms with Crippen LogP contribution >= 0.6 is 0 Å². The molecule has 1 aliphatic heterocycles. The second-order valence-corrected chi connectivity index (χ2v) is 7.77. The Labute approximate surface area is 193 Å². The Morgan fingerprint density at radius 2 is 1.76 bits per heavy atom. The van der Waals surface area contributed by atoms with Gasteiger partial charge in [-0.1, -0.05) is 12.1 Å². The molecule has 1 heterocycles. The number of nitrogens with zero attached hydrogens (tertiary/aromatic N) is 2. The van der Waals surface area contributed by atoms with E-state index in [4.69, 9.17) is 5.73 Å². The second-order valence-electron chi connectivity index (χ2n) is 7.77. The number of primary amides is 1. The molecule has 0 unspecified atom stereocenters. The Morgan fingerprint density at radius 1 is 1.06 bits per heavy atom. The van der Waals surface area contributed by atoms with E-state index < -0.39 is 30.4 Å². The third kappa shape index (κ3) is 6.33. The van der Waals surface area contributed by atoms with Crippen molar-refractivity contribution in [3.8, 4) is 0 Å². The minimum atomic E-state index is -4.76. The smallest absolute Gasteiger partial charge is 0.366 e. The minimum absolute atomic E-state index is 0.0815. The van der Waals surface area contributed by atoms with E-state index in [-0.39, 0.29) is 23.7 Å². The molecule has 4 amide bonds. The Hall–Kier alpha value is -3.89. The third-order valence-electron chi connectivity index (χ3n) is 5.24. The summed E-state index contributed by atoms with van der Waals surface area (Å²) in [5.74, 6) is -3.41. The highest BCUT2D eigenvalue weighted by molar-refractivity contribution is 6.40. The van der Waals surface area contributed by atoms with E-state index in [1.54, 1.807) is 6.07 Å². The number of hydrogen-bond donors (Lipinski definition) is 2. The molecular weight excluding hydrogens is 453 g/mol. The Bertz CT molecular complexity index is 1090. The van der Waals surface area contributed by atoms with Gasteiger partial charge >= 0.3 is 18.0 Å². The zero-order valence-corrected chi connectivity index (χ0v) is 18.1. The number of alkyl halides is 3. The Morgan fingerprint density at radius 3 is 2.38 bits per heavy atom. The lowest BCUT2D eigenvalue weighted by Crippen LogP contribution is -2.46. The molecule has 3 rings (SSSR count). The fraction of sp³-hybridized carbons (Fsp3) is 0.304. The molecule has 1 fully saturated rings. The van der Waals surface area contributed by atoms with E-state index in [1.165, 1.54) is 47.4 Å². The number of nitrogens with two attached hydrogens (primary N) is 1. The van der Waals surface area contributed by atoms with Gasteiger partial charge < -0.3 is 16.0 Å². The van der Waals surface area contributed by atoms with Gasteiger partial charge in [0.25, 0.3) is 0 Å². The van der Waals surface area contributed by atoms with Gasteiger partial charge in [0.15, 0.2) is 0 Å². The van der Waals surface area contributed by atoms with Crippen LogP contribution in [0.3, 0.4) is 0 Å². The number of benzene rings is 2. The summed E-state index contributed by atoms with van der Waals surface area (Å²) >= 11 is 0. The van der Waals surface area contributed by atoms with Crippen LogP contribution in [0.15, 0.2) is 48.5 Å². The summed E-state index contributed by atoms with van der Waals surface area (Å²) in [6.45, 7) is -1.36. The summed E-state index contributed by atoms with van der Waals surface area (Å²) in [5.41, 5.74) is 6.19. The summed E-state index contributed by atoms with van der Waals surface area (Å²) in [7, 11) is 0. The molecule has 2 aromatic carbocycles. The van der Waals surface area contributed by atoms with Gasteiger partial charge in [-0.05, 0) is 54.8 Å². The van der Waals surface area contributed by atoms with Crippen LogP contribution < -0.4 is 20.9 Å². The first-order chi connectivity index (χ1) is 16.0. The van der Waals surface area contributed by atoms with E-state index in [0.29, 0.717) is 29.1 Å². The summed E-state index contributed by atoms with van der Waals surface area (Å²) in [5, 5.41) is 2.27. The SMILES string of the molecule is NC(=O)c1cccc(CNC(=O)C(=O)N(CC(F)(F)F)c2ccc(N3CCCCC3=O)cc2)c1. The number of halogens is 3. The van der Waals surface area contributed by atoms with Gasteiger partial charge in [-0.15, -0.1) is 0 Å². The zero-order valence-electron chi connectivity index (χ0n) is 18.1. The lowest BCUT2D eigenvalue weighted by atomic mass is 10.1. The number of carbonyl (C=O) groups excluding carboxylic acids is 4. The van der Waals surface area contributed by atoms with Crippen molar-refractivity contribution in [2.24, 2.45) is 5.73 Å². The van der Waals surface area contributed by atoms with Crippen LogP contribution in [-0.4, -0.2) is 42.9 Å². The van der Waals surface area contributed by atoms with Crippen LogP contribution in [0.4, 0.5) is 24.5 Å². The molecule has 0 atom stereocenters. The molecule has 8 nitrogen and oxygen atoms in total. The van der Waals surface area contributed by atoms with Gasteiger partial charge in [0.05, 0.1) is 0 Å². The molecule has 0 bridgehead atoms. The average Bonchev–Trinajstić information content (AvgIpc) is 2.80. The van der Waals surface area contributed by atoms with Gasteiger partial charge in [0.1, 0.15) is 6.54 Å². The number of anilines is 2. The van der Waals surface area contributed by atoms with Crippen molar-refractivity contribution in [1.29, 1.82) is 0 Å². The van der Waals surface area contributed by atoms with Crippen molar-refractivity contribution >= 4 is 35.0 Å². The van der Waals surface area contributed by atoms with E-state index in [2.05, 4.69) is 5.32 Å². The van der Waals surface area contributed by atoms with E-state index in [0.717, 1.165) is 12.8 Å². The molecule has 34 heavy (non-hydrogen) atoms. The third-order valence-corrected chi connectivity index (χ3v) is 5.24. The van der Waals surface area contributed by atoms with Crippen LogP contribution in [-0.2, 0) is 20.9 Å². The highest BCUT2D eigenvalue weighted by atomic mass is 19.4. The van der Waals surface area contributed by atoms with Crippen molar-refractivity contribution in [3.05, 3.63) is 59.7 Å². The minimum Gasteiger partial charge on any atom is -0.366 e. The fourth-order valence-corrected chi connectivity index (χ4v) is 3.57. The molecule has 1 aliphatic rings. The largest absolute Gasteiger partial charge is 0.406 e. The van der Waals surface area contributed by atoms with Crippen LogP contribution in [0.25, 0.3) is 0 Å². The summed E-state index contributed by atoms with van der Waals surface area (Å²) in [4.78, 5) is 50.2. The van der Waals surface area contributed by atoms with E-state index in [9.17, 15) is 32.3 Å². The summed E-state index contributed by atoms with van der Waals surface area (Å²) in [6, 6.07) is 11.4. The first kappa shape index (κ1) is 24.7. The monoisotopic (exact) mass is 476 g/mol. The summed E-state index contributed by atoms with van der Waals surface area (Å²) in [6.07, 6.45) is -2.77. The number of rotatable bonds is 6. The first-order valence-electron chi connectivity index (χ1n) is 10.5. The second kappa shape index (κ2) is 10.4. The zero-order chi connectivity index (χ0) is 24.9. The van der Waals surface area contributed by atoms with Crippen molar-refractivity contribution in [2.75, 3.05) is 22.9 Å². The standard InChI is InChI=1S/C23H23F3N4O4/c24-23(25,26)14-30(18-9-7-17(8-10-18)29-11-2-1-6-19(29)31)22(34)21(33)28-13-15-4-3-5-16(12-15)20(27)32/h3-5,7-10,12H,1-2,6,11,13-14H2,(H2,27,32)(H,28,33). The van der Waals surface area contributed by atoms with Gasteiger partial charge in [-0.2, -0.15) is 13.2 Å². The number of nitrogens with one attached hydrogen (secondary N) is 1. The van der Waals surface area contributed by atoms with Crippen molar-refractivity contribution in [3.63, 3.8) is 0 Å². The molecule has 0 saturated carbocycles. The maximum absolute atomic E-state index is 13.2. The van der Waals surface area contributed by atoms with Gasteiger partial charge in [0, 0.05) is 36.4 Å². The highest BCUT2D eigenvalue weighted by Crippen LogP contribution is 2.27. The Kier molecular flexibility index (Phi) is 7.54. The lowest BCUT2D eigenvalue weighted by molar-refractivity contribution is -0.142. The number of amides is 4. The van der Waals surface area contributed by atoms with Gasteiger partial charge in [0.2, 0.25) is 11.8 Å². The van der Waals surface area contributed by atoms with Crippen LogP contribution in [0.1, 0.15) is 35.2 Å². The maximum atomic E-state index is 13.2. The average molecular weight is 476 g/mol. The van der Waals surface area contributed by atoms with E-state index in [1.807, 2.05) is 0 Å². The fourth-order valence-electron chi connectivity index (χ4n) is 3.57. The normalized spacial score (nSPS) is 14.0. The topological polar surface area (TPSA) is 113 Å². The first-order valence-corrected chi connectivity index (χ1v) is 10.5. The van der Waals surface area contributed by atoms with Crippen LogP contribution in [0.2, 0.25) is 0 Å². The van der Waals surface area contributed by atoms with E-state index >= 15 is 0 Å². The van der Waals surface area contributed by atoms with Crippen LogP contribution in [0, 0.1) is 0 Å². The van der Waals surface area contributed by atoms with Gasteiger partial charge in [-0.25, -0.2) is 0 Å². The van der Waals surface area contributed by atoms with Crippen molar-refractivity contribution in [1.82, 2.24) is 5.32 Å². The van der Waals surface area contributed by atoms with Crippen molar-refractivity contribution in [2.45, 2.75) is 32.0 Å². The quantitative estimate of drug-likeness (QED) is 0.624. The molecule has 180 valence electrons. The molecule has 1 saturated heterocycles. The number of piperidine rings is 1. The predicted octanol–water partition coefficient (Wildman–Crippen LogP) is 2.51. The van der Waals surface area contributed by atoms with Crippen LogP contribution in [0.5, 0.6) is 0 Å². The van der Waals surface area contributed by atoms with Gasteiger partial charge in [-0.3, -0.25) is 24.1 Å². The number of carbonyl (C=O) groups is 4. The molecule has 11 heteroatoms. The molecule has 2 aromatic rings. The molecule has 0 radical (unpaired) electrons. The Balaban J connectivity index is 1.75. The molecule has 0 aliphatic carbocycles. The molecule has 3 N–H and O–H groups in total. The maximum Gasteiger partial charge on any atom is 0.406 e. The molecule has 0 spiro atoms. The lowest BCUT2D eigenvalue weighted by Gasteiger charge is -2.28.